The van der Waals surface area contributed by atoms with Crippen molar-refractivity contribution in [1.29, 1.82) is 0 Å². The summed E-state index contributed by atoms with van der Waals surface area (Å²) in [5.74, 6) is 1.43. The summed E-state index contributed by atoms with van der Waals surface area (Å²) in [6.45, 7) is 7.13. The second kappa shape index (κ2) is 11.0. The molecule has 1 aromatic heterocycles. The van der Waals surface area contributed by atoms with Crippen LogP contribution in [0.5, 0.6) is 0 Å². The number of aromatic nitrogens is 1. The predicted molar refractivity (Wildman–Crippen MR) is 96.4 cm³/mol. The SMILES string of the molecule is CN=C(NCCCOCC1CCOC1)NCCc1ccncc1C. The average molecular weight is 334 g/mol. The molecule has 1 fully saturated rings. The summed E-state index contributed by atoms with van der Waals surface area (Å²) < 4.78 is 11.0. The zero-order valence-corrected chi connectivity index (χ0v) is 14.9. The Morgan fingerprint density at radius 3 is 3.04 bits per heavy atom. The molecule has 1 aliphatic rings. The van der Waals surface area contributed by atoms with Crippen LogP contribution in [-0.4, -0.2) is 57.5 Å². The van der Waals surface area contributed by atoms with E-state index in [4.69, 9.17) is 9.47 Å². The molecule has 1 aliphatic heterocycles. The van der Waals surface area contributed by atoms with Crippen LogP contribution in [0, 0.1) is 12.8 Å². The topological polar surface area (TPSA) is 67.8 Å². The van der Waals surface area contributed by atoms with Crippen LogP contribution in [0.15, 0.2) is 23.5 Å². The maximum atomic E-state index is 5.70. The van der Waals surface area contributed by atoms with Crippen molar-refractivity contribution < 1.29 is 9.47 Å². The Bertz CT molecular complexity index is 502. The second-order valence-corrected chi connectivity index (χ2v) is 6.14. The number of guanidine groups is 1. The lowest BCUT2D eigenvalue weighted by atomic mass is 10.1. The number of ether oxygens (including phenoxy) is 2. The maximum Gasteiger partial charge on any atom is 0.190 e. The summed E-state index contributed by atoms with van der Waals surface area (Å²) >= 11 is 0. The molecule has 0 bridgehead atoms. The fourth-order valence-corrected chi connectivity index (χ4v) is 2.66. The van der Waals surface area contributed by atoms with Crippen LogP contribution in [0.1, 0.15) is 24.0 Å². The fourth-order valence-electron chi connectivity index (χ4n) is 2.66. The lowest BCUT2D eigenvalue weighted by Crippen LogP contribution is -2.39. The zero-order valence-electron chi connectivity index (χ0n) is 14.9. The smallest absolute Gasteiger partial charge is 0.190 e. The minimum atomic E-state index is 0.587. The summed E-state index contributed by atoms with van der Waals surface area (Å²) in [5.41, 5.74) is 2.55. The molecule has 2 N–H and O–H groups in total. The summed E-state index contributed by atoms with van der Waals surface area (Å²) in [7, 11) is 1.80. The van der Waals surface area contributed by atoms with E-state index in [0.29, 0.717) is 5.92 Å². The third kappa shape index (κ3) is 6.84. The highest BCUT2D eigenvalue weighted by molar-refractivity contribution is 5.79. The van der Waals surface area contributed by atoms with E-state index in [1.54, 1.807) is 7.05 Å². The molecule has 2 heterocycles. The monoisotopic (exact) mass is 334 g/mol. The normalized spacial score (nSPS) is 17.9. The van der Waals surface area contributed by atoms with Crippen molar-refractivity contribution in [3.8, 4) is 0 Å². The Morgan fingerprint density at radius 1 is 1.42 bits per heavy atom. The van der Waals surface area contributed by atoms with Crippen LogP contribution in [-0.2, 0) is 15.9 Å². The summed E-state index contributed by atoms with van der Waals surface area (Å²) in [5, 5.41) is 6.66. The van der Waals surface area contributed by atoms with Gasteiger partial charge in [0.2, 0.25) is 0 Å². The Kier molecular flexibility index (Phi) is 8.55. The Balaban J connectivity index is 1.51. The second-order valence-electron chi connectivity index (χ2n) is 6.14. The molecule has 24 heavy (non-hydrogen) atoms. The largest absolute Gasteiger partial charge is 0.381 e. The van der Waals surface area contributed by atoms with E-state index >= 15 is 0 Å². The number of hydrogen-bond donors (Lipinski definition) is 2. The van der Waals surface area contributed by atoms with Gasteiger partial charge >= 0.3 is 0 Å². The van der Waals surface area contributed by atoms with Gasteiger partial charge in [0, 0.05) is 51.7 Å². The summed E-state index contributed by atoms with van der Waals surface area (Å²) in [4.78, 5) is 8.37. The van der Waals surface area contributed by atoms with Gasteiger partial charge in [-0.3, -0.25) is 9.98 Å². The van der Waals surface area contributed by atoms with E-state index in [1.807, 2.05) is 12.4 Å². The van der Waals surface area contributed by atoms with Gasteiger partial charge in [-0.1, -0.05) is 0 Å². The van der Waals surface area contributed by atoms with E-state index in [0.717, 1.165) is 64.7 Å². The molecule has 134 valence electrons. The summed E-state index contributed by atoms with van der Waals surface area (Å²) in [6, 6.07) is 2.07. The van der Waals surface area contributed by atoms with Crippen LogP contribution < -0.4 is 10.6 Å². The zero-order chi connectivity index (χ0) is 17.0. The van der Waals surface area contributed by atoms with Gasteiger partial charge < -0.3 is 20.1 Å². The van der Waals surface area contributed by atoms with Crippen LogP contribution >= 0.6 is 0 Å². The Hall–Kier alpha value is -1.66. The lowest BCUT2D eigenvalue weighted by Gasteiger charge is -2.13. The molecule has 0 spiro atoms. The van der Waals surface area contributed by atoms with Crippen LogP contribution in [0.25, 0.3) is 0 Å². The molecule has 6 heteroatoms. The first-order chi connectivity index (χ1) is 11.8. The van der Waals surface area contributed by atoms with Crippen molar-refractivity contribution in [3.05, 3.63) is 29.6 Å². The van der Waals surface area contributed by atoms with Crippen LogP contribution in [0.3, 0.4) is 0 Å². The molecule has 1 atom stereocenters. The average Bonchev–Trinajstić information content (AvgIpc) is 3.11. The van der Waals surface area contributed by atoms with Gasteiger partial charge in [0.25, 0.3) is 0 Å². The number of pyridine rings is 1. The number of nitrogens with zero attached hydrogens (tertiary/aromatic N) is 2. The first kappa shape index (κ1) is 18.7. The molecule has 0 saturated carbocycles. The molecule has 0 amide bonds. The molecule has 2 rings (SSSR count). The van der Waals surface area contributed by atoms with Crippen LogP contribution in [0.4, 0.5) is 0 Å². The van der Waals surface area contributed by atoms with Crippen molar-refractivity contribution in [2.24, 2.45) is 10.9 Å². The van der Waals surface area contributed by atoms with Gasteiger partial charge in [-0.15, -0.1) is 0 Å². The van der Waals surface area contributed by atoms with Crippen molar-refractivity contribution in [2.45, 2.75) is 26.2 Å². The number of nitrogens with one attached hydrogen (secondary N) is 2. The van der Waals surface area contributed by atoms with Gasteiger partial charge in [-0.05, 0) is 43.4 Å². The van der Waals surface area contributed by atoms with E-state index in [1.165, 1.54) is 11.1 Å². The van der Waals surface area contributed by atoms with E-state index < -0.39 is 0 Å². The Labute approximate surface area is 145 Å². The molecule has 1 aromatic rings. The molecule has 6 nitrogen and oxygen atoms in total. The quantitative estimate of drug-likeness (QED) is 0.407. The van der Waals surface area contributed by atoms with Crippen molar-refractivity contribution in [1.82, 2.24) is 15.6 Å². The molecular weight excluding hydrogens is 304 g/mol. The molecule has 0 aromatic carbocycles. The predicted octanol–water partition coefficient (Wildman–Crippen LogP) is 1.54. The van der Waals surface area contributed by atoms with E-state index in [-0.39, 0.29) is 0 Å². The first-order valence-corrected chi connectivity index (χ1v) is 8.79. The highest BCUT2D eigenvalue weighted by Gasteiger charge is 2.15. The van der Waals surface area contributed by atoms with Gasteiger partial charge in [-0.25, -0.2) is 0 Å². The maximum absolute atomic E-state index is 5.70. The van der Waals surface area contributed by atoms with Crippen molar-refractivity contribution in [2.75, 3.05) is 46.6 Å². The molecule has 0 radical (unpaired) electrons. The van der Waals surface area contributed by atoms with Gasteiger partial charge in [0.1, 0.15) is 0 Å². The molecule has 0 aliphatic carbocycles. The standard InChI is InChI=1S/C18H30N4O2/c1-15-12-20-8-4-17(15)5-9-22-18(19-2)21-7-3-10-23-13-16-6-11-24-14-16/h4,8,12,16H,3,5-7,9-11,13-14H2,1-2H3,(H2,19,21,22). The van der Waals surface area contributed by atoms with E-state index in [9.17, 15) is 0 Å². The van der Waals surface area contributed by atoms with Gasteiger partial charge in [0.05, 0.1) is 13.2 Å². The van der Waals surface area contributed by atoms with Crippen molar-refractivity contribution in [3.63, 3.8) is 0 Å². The third-order valence-corrected chi connectivity index (χ3v) is 4.18. The molecular formula is C18H30N4O2. The lowest BCUT2D eigenvalue weighted by molar-refractivity contribution is 0.0888. The van der Waals surface area contributed by atoms with Gasteiger partial charge in [0.15, 0.2) is 5.96 Å². The summed E-state index contributed by atoms with van der Waals surface area (Å²) in [6.07, 6.45) is 6.80. The fraction of sp³-hybridized carbons (Fsp3) is 0.667. The van der Waals surface area contributed by atoms with Gasteiger partial charge in [-0.2, -0.15) is 0 Å². The minimum absolute atomic E-state index is 0.587. The number of aliphatic imine (C=N–C) groups is 1. The highest BCUT2D eigenvalue weighted by Crippen LogP contribution is 2.12. The molecule has 1 saturated heterocycles. The number of aryl methyl sites for hydroxylation is 1. The first-order valence-electron chi connectivity index (χ1n) is 8.79. The minimum Gasteiger partial charge on any atom is -0.381 e. The third-order valence-electron chi connectivity index (χ3n) is 4.18. The van der Waals surface area contributed by atoms with Crippen LogP contribution in [0.2, 0.25) is 0 Å². The highest BCUT2D eigenvalue weighted by atomic mass is 16.5. The number of hydrogen-bond acceptors (Lipinski definition) is 4. The Morgan fingerprint density at radius 2 is 2.29 bits per heavy atom. The van der Waals surface area contributed by atoms with Crippen molar-refractivity contribution >= 4 is 5.96 Å². The molecule has 1 unspecified atom stereocenters. The number of rotatable bonds is 9. The van der Waals surface area contributed by atoms with E-state index in [2.05, 4.69) is 33.6 Å².